The van der Waals surface area contributed by atoms with Crippen molar-refractivity contribution >= 4 is 5.91 Å². The number of amides is 1. The lowest BCUT2D eigenvalue weighted by molar-refractivity contribution is -0.120. The zero-order chi connectivity index (χ0) is 14.2. The Kier molecular flexibility index (Phi) is 18.0. The molecule has 1 amide bonds. The topological polar surface area (TPSA) is 41.1 Å². The van der Waals surface area contributed by atoms with Crippen LogP contribution in [0.5, 0.6) is 0 Å². The van der Waals surface area contributed by atoms with Crippen LogP contribution in [0.15, 0.2) is 0 Å². The highest BCUT2D eigenvalue weighted by Crippen LogP contribution is 2.08. The standard InChI is InChI=1S/C13H28N2O.C2H6/c1-4-14-11-13(16)15-10-8-6-5-7-9-12(2)3;1-2/h12,14H,4-11H2,1-3H3,(H,15,16);1-2H3. The molecule has 0 aliphatic heterocycles. The SMILES string of the molecule is CC.CCNCC(=O)NCCCCCCC(C)C. The lowest BCUT2D eigenvalue weighted by atomic mass is 10.0. The molecule has 0 unspecified atom stereocenters. The molecule has 110 valence electrons. The Morgan fingerprint density at radius 2 is 1.67 bits per heavy atom. The molecule has 18 heavy (non-hydrogen) atoms. The van der Waals surface area contributed by atoms with Crippen LogP contribution in [-0.2, 0) is 4.79 Å². The minimum atomic E-state index is 0.115. The summed E-state index contributed by atoms with van der Waals surface area (Å²) in [5.74, 6) is 0.934. The highest BCUT2D eigenvalue weighted by atomic mass is 16.1. The lowest BCUT2D eigenvalue weighted by Gasteiger charge is -2.06. The van der Waals surface area contributed by atoms with Gasteiger partial charge in [0, 0.05) is 6.54 Å². The van der Waals surface area contributed by atoms with Crippen molar-refractivity contribution in [3.63, 3.8) is 0 Å². The number of hydrogen-bond acceptors (Lipinski definition) is 2. The van der Waals surface area contributed by atoms with Gasteiger partial charge < -0.3 is 10.6 Å². The van der Waals surface area contributed by atoms with Gasteiger partial charge in [0.2, 0.25) is 5.91 Å². The zero-order valence-corrected chi connectivity index (χ0v) is 13.1. The molecule has 0 heterocycles. The number of hydrogen-bond donors (Lipinski definition) is 2. The first kappa shape index (κ1) is 19.8. The van der Waals surface area contributed by atoms with Gasteiger partial charge in [0.1, 0.15) is 0 Å². The van der Waals surface area contributed by atoms with Gasteiger partial charge in [-0.1, -0.05) is 60.3 Å². The predicted molar refractivity (Wildman–Crippen MR) is 80.8 cm³/mol. The Morgan fingerprint density at radius 1 is 1.06 bits per heavy atom. The molecule has 0 rings (SSSR count). The summed E-state index contributed by atoms with van der Waals surface area (Å²) in [6, 6.07) is 0. The van der Waals surface area contributed by atoms with E-state index in [0.717, 1.165) is 25.4 Å². The van der Waals surface area contributed by atoms with Gasteiger partial charge in [-0.05, 0) is 18.9 Å². The fourth-order valence-electron chi connectivity index (χ4n) is 1.56. The summed E-state index contributed by atoms with van der Waals surface area (Å²) in [4.78, 5) is 11.2. The van der Waals surface area contributed by atoms with Crippen LogP contribution in [0.2, 0.25) is 0 Å². The van der Waals surface area contributed by atoms with Gasteiger partial charge in [-0.15, -0.1) is 0 Å². The highest BCUT2D eigenvalue weighted by molar-refractivity contribution is 5.77. The Bertz CT molecular complexity index is 170. The number of rotatable bonds is 10. The van der Waals surface area contributed by atoms with Gasteiger partial charge in [-0.3, -0.25) is 4.79 Å². The van der Waals surface area contributed by atoms with Crippen molar-refractivity contribution in [3.05, 3.63) is 0 Å². The zero-order valence-electron chi connectivity index (χ0n) is 13.1. The van der Waals surface area contributed by atoms with E-state index < -0.39 is 0 Å². The van der Waals surface area contributed by atoms with E-state index in [9.17, 15) is 4.79 Å². The number of carbonyl (C=O) groups excluding carboxylic acids is 1. The van der Waals surface area contributed by atoms with E-state index in [1.807, 2.05) is 20.8 Å². The Hall–Kier alpha value is -0.570. The number of likely N-dealkylation sites (N-methyl/N-ethyl adjacent to an activating group) is 1. The van der Waals surface area contributed by atoms with Gasteiger partial charge in [0.25, 0.3) is 0 Å². The van der Waals surface area contributed by atoms with E-state index >= 15 is 0 Å². The van der Waals surface area contributed by atoms with Crippen LogP contribution in [0, 0.1) is 5.92 Å². The first-order valence-corrected chi connectivity index (χ1v) is 7.64. The maximum absolute atomic E-state index is 11.2. The van der Waals surface area contributed by atoms with Crippen molar-refractivity contribution < 1.29 is 4.79 Å². The van der Waals surface area contributed by atoms with E-state index in [-0.39, 0.29) is 5.91 Å². The van der Waals surface area contributed by atoms with E-state index in [4.69, 9.17) is 0 Å². The summed E-state index contributed by atoms with van der Waals surface area (Å²) in [6.07, 6.45) is 6.28. The third-order valence-electron chi connectivity index (χ3n) is 2.57. The molecule has 2 N–H and O–H groups in total. The van der Waals surface area contributed by atoms with Crippen molar-refractivity contribution in [2.75, 3.05) is 19.6 Å². The number of nitrogens with one attached hydrogen (secondary N) is 2. The molecule has 0 radical (unpaired) electrons. The molecule has 0 fully saturated rings. The Morgan fingerprint density at radius 3 is 2.22 bits per heavy atom. The van der Waals surface area contributed by atoms with Crippen molar-refractivity contribution in [2.24, 2.45) is 5.92 Å². The Balaban J connectivity index is 0. The average Bonchev–Trinajstić information content (AvgIpc) is 2.37. The van der Waals surface area contributed by atoms with Gasteiger partial charge in [0.05, 0.1) is 6.54 Å². The smallest absolute Gasteiger partial charge is 0.233 e. The van der Waals surface area contributed by atoms with Crippen LogP contribution in [0.25, 0.3) is 0 Å². The van der Waals surface area contributed by atoms with Crippen molar-refractivity contribution in [2.45, 2.75) is 66.7 Å². The summed E-state index contributed by atoms with van der Waals surface area (Å²) in [5, 5.41) is 5.93. The second-order valence-electron chi connectivity index (χ2n) is 4.73. The largest absolute Gasteiger partial charge is 0.355 e. The number of carbonyl (C=O) groups is 1. The van der Waals surface area contributed by atoms with Crippen molar-refractivity contribution in [1.82, 2.24) is 10.6 Å². The maximum atomic E-state index is 11.2. The molecule has 0 spiro atoms. The summed E-state index contributed by atoms with van der Waals surface area (Å²) in [5.41, 5.74) is 0. The third kappa shape index (κ3) is 17.8. The second kappa shape index (κ2) is 16.4. The quantitative estimate of drug-likeness (QED) is 0.590. The molecule has 0 saturated carbocycles. The molecule has 0 saturated heterocycles. The molecular formula is C15H34N2O. The Labute approximate surface area is 114 Å². The van der Waals surface area contributed by atoms with Crippen LogP contribution >= 0.6 is 0 Å². The van der Waals surface area contributed by atoms with Crippen molar-refractivity contribution in [3.8, 4) is 0 Å². The summed E-state index contributed by atoms with van der Waals surface area (Å²) in [7, 11) is 0. The van der Waals surface area contributed by atoms with Crippen LogP contribution in [0.1, 0.15) is 66.7 Å². The molecule has 0 aliphatic carbocycles. The fourth-order valence-corrected chi connectivity index (χ4v) is 1.56. The summed E-state index contributed by atoms with van der Waals surface area (Å²) >= 11 is 0. The molecule has 0 aromatic carbocycles. The molecule has 0 aliphatic rings. The first-order valence-electron chi connectivity index (χ1n) is 7.64. The fraction of sp³-hybridized carbons (Fsp3) is 0.933. The van der Waals surface area contributed by atoms with E-state index in [2.05, 4.69) is 24.5 Å². The van der Waals surface area contributed by atoms with E-state index in [1.165, 1.54) is 25.7 Å². The molecule has 3 nitrogen and oxygen atoms in total. The number of unbranched alkanes of at least 4 members (excludes halogenated alkanes) is 3. The summed E-state index contributed by atoms with van der Waals surface area (Å²) < 4.78 is 0. The van der Waals surface area contributed by atoms with Gasteiger partial charge >= 0.3 is 0 Å². The monoisotopic (exact) mass is 258 g/mol. The van der Waals surface area contributed by atoms with Gasteiger partial charge in [-0.2, -0.15) is 0 Å². The molecule has 0 bridgehead atoms. The lowest BCUT2D eigenvalue weighted by Crippen LogP contribution is -2.34. The first-order chi connectivity index (χ1) is 8.66. The highest BCUT2D eigenvalue weighted by Gasteiger charge is 1.98. The van der Waals surface area contributed by atoms with E-state index in [1.54, 1.807) is 0 Å². The van der Waals surface area contributed by atoms with Gasteiger partial charge in [0.15, 0.2) is 0 Å². The minimum absolute atomic E-state index is 0.115. The average molecular weight is 258 g/mol. The predicted octanol–water partition coefficient (Wildman–Crippen LogP) is 3.34. The summed E-state index contributed by atoms with van der Waals surface area (Å²) in [6.45, 7) is 12.7. The minimum Gasteiger partial charge on any atom is -0.355 e. The maximum Gasteiger partial charge on any atom is 0.233 e. The normalized spacial score (nSPS) is 9.89. The van der Waals surface area contributed by atoms with Gasteiger partial charge in [-0.25, -0.2) is 0 Å². The van der Waals surface area contributed by atoms with Crippen LogP contribution in [0.4, 0.5) is 0 Å². The second-order valence-corrected chi connectivity index (χ2v) is 4.73. The third-order valence-corrected chi connectivity index (χ3v) is 2.57. The van der Waals surface area contributed by atoms with Crippen LogP contribution in [-0.4, -0.2) is 25.5 Å². The molecule has 3 heteroatoms. The van der Waals surface area contributed by atoms with Crippen LogP contribution < -0.4 is 10.6 Å². The molecule has 0 aromatic rings. The molecular weight excluding hydrogens is 224 g/mol. The molecule has 0 aromatic heterocycles. The van der Waals surface area contributed by atoms with Crippen molar-refractivity contribution in [1.29, 1.82) is 0 Å². The molecule has 0 atom stereocenters. The van der Waals surface area contributed by atoms with E-state index in [0.29, 0.717) is 6.54 Å². The van der Waals surface area contributed by atoms with Crippen LogP contribution in [0.3, 0.4) is 0 Å².